The first kappa shape index (κ1) is 16.2. The van der Waals surface area contributed by atoms with Crippen LogP contribution >= 0.6 is 0 Å². The van der Waals surface area contributed by atoms with Gasteiger partial charge in [-0.1, -0.05) is 20.8 Å². The van der Waals surface area contributed by atoms with E-state index in [1.807, 2.05) is 24.0 Å². The molecule has 0 aliphatic carbocycles. The molecule has 1 N–H and O–H groups in total. The fourth-order valence-corrected chi connectivity index (χ4v) is 2.86. The molecule has 0 bridgehead atoms. The molecule has 1 aromatic heterocycles. The van der Waals surface area contributed by atoms with E-state index in [2.05, 4.69) is 37.7 Å². The third kappa shape index (κ3) is 3.57. The summed E-state index contributed by atoms with van der Waals surface area (Å²) in [7, 11) is 1.95. The predicted molar refractivity (Wildman–Crippen MR) is 79.2 cm³/mol. The summed E-state index contributed by atoms with van der Waals surface area (Å²) < 4.78 is 1.88. The van der Waals surface area contributed by atoms with Crippen LogP contribution in [-0.2, 0) is 13.5 Å². The number of aromatic nitrogens is 2. The molecule has 2 atom stereocenters. The van der Waals surface area contributed by atoms with Crippen LogP contribution < -0.4 is 0 Å². The molecule has 4 heteroatoms. The van der Waals surface area contributed by atoms with Crippen LogP contribution in [0.5, 0.6) is 0 Å². The van der Waals surface area contributed by atoms with E-state index >= 15 is 0 Å². The van der Waals surface area contributed by atoms with Gasteiger partial charge in [-0.2, -0.15) is 5.10 Å². The third-order valence-corrected chi connectivity index (χ3v) is 4.52. The number of rotatable bonds is 8. The SMILES string of the molecule is CCN(CC)C(C)(CC)C(O)CCc1ccnn1C. The molecule has 0 radical (unpaired) electrons. The van der Waals surface area contributed by atoms with Crippen molar-refractivity contribution in [2.24, 2.45) is 7.05 Å². The molecule has 0 amide bonds. The molecule has 1 heterocycles. The van der Waals surface area contributed by atoms with Crippen LogP contribution in [-0.4, -0.2) is 44.5 Å². The van der Waals surface area contributed by atoms with Gasteiger partial charge in [-0.15, -0.1) is 0 Å². The Labute approximate surface area is 117 Å². The zero-order valence-corrected chi connectivity index (χ0v) is 13.1. The van der Waals surface area contributed by atoms with Crippen LogP contribution in [0.1, 0.15) is 46.2 Å². The second-order valence-electron chi connectivity index (χ2n) is 5.38. The number of hydrogen-bond donors (Lipinski definition) is 1. The minimum absolute atomic E-state index is 0.137. The van der Waals surface area contributed by atoms with E-state index in [0.717, 1.165) is 32.4 Å². The van der Waals surface area contributed by atoms with Gasteiger partial charge in [-0.05, 0) is 45.3 Å². The van der Waals surface area contributed by atoms with Crippen molar-refractivity contribution < 1.29 is 5.11 Å². The van der Waals surface area contributed by atoms with Crippen LogP contribution in [0.2, 0.25) is 0 Å². The zero-order valence-electron chi connectivity index (χ0n) is 13.1. The van der Waals surface area contributed by atoms with Gasteiger partial charge in [0.1, 0.15) is 0 Å². The zero-order chi connectivity index (χ0) is 14.5. The number of aryl methyl sites for hydroxylation is 2. The van der Waals surface area contributed by atoms with Crippen molar-refractivity contribution in [1.29, 1.82) is 0 Å². The highest BCUT2D eigenvalue weighted by molar-refractivity contribution is 5.02. The molecule has 0 aliphatic rings. The summed E-state index contributed by atoms with van der Waals surface area (Å²) >= 11 is 0. The minimum Gasteiger partial charge on any atom is -0.391 e. The second-order valence-corrected chi connectivity index (χ2v) is 5.38. The number of hydrogen-bond acceptors (Lipinski definition) is 3. The fraction of sp³-hybridized carbons (Fsp3) is 0.800. The van der Waals surface area contributed by atoms with E-state index in [4.69, 9.17) is 0 Å². The van der Waals surface area contributed by atoms with Crippen LogP contribution in [0, 0.1) is 0 Å². The summed E-state index contributed by atoms with van der Waals surface area (Å²) in [6.45, 7) is 10.6. The van der Waals surface area contributed by atoms with Gasteiger partial charge in [0.15, 0.2) is 0 Å². The Kier molecular flexibility index (Phi) is 6.01. The molecule has 1 aromatic rings. The van der Waals surface area contributed by atoms with Crippen molar-refractivity contribution in [2.75, 3.05) is 13.1 Å². The molecule has 4 nitrogen and oxygen atoms in total. The Morgan fingerprint density at radius 1 is 1.37 bits per heavy atom. The summed E-state index contributed by atoms with van der Waals surface area (Å²) in [6, 6.07) is 2.02. The van der Waals surface area contributed by atoms with E-state index < -0.39 is 0 Å². The molecule has 2 unspecified atom stereocenters. The number of aliphatic hydroxyl groups excluding tert-OH is 1. The molecule has 0 aromatic carbocycles. The van der Waals surface area contributed by atoms with Crippen molar-refractivity contribution in [1.82, 2.24) is 14.7 Å². The first-order chi connectivity index (χ1) is 8.99. The number of aliphatic hydroxyl groups is 1. The molecule has 1 rings (SSSR count). The monoisotopic (exact) mass is 267 g/mol. The van der Waals surface area contributed by atoms with E-state index in [-0.39, 0.29) is 11.6 Å². The maximum atomic E-state index is 10.6. The lowest BCUT2D eigenvalue weighted by molar-refractivity contribution is -0.0236. The Bertz CT molecular complexity index is 373. The van der Waals surface area contributed by atoms with E-state index in [1.54, 1.807) is 0 Å². The van der Waals surface area contributed by atoms with Crippen molar-refractivity contribution in [3.8, 4) is 0 Å². The molecular formula is C15H29N3O. The first-order valence-corrected chi connectivity index (χ1v) is 7.39. The molecule has 0 spiro atoms. The Morgan fingerprint density at radius 3 is 2.42 bits per heavy atom. The summed E-state index contributed by atoms with van der Waals surface area (Å²) in [5.74, 6) is 0. The smallest absolute Gasteiger partial charge is 0.0724 e. The lowest BCUT2D eigenvalue weighted by atomic mass is 9.86. The van der Waals surface area contributed by atoms with E-state index in [0.29, 0.717) is 0 Å². The minimum atomic E-state index is -0.313. The van der Waals surface area contributed by atoms with Gasteiger partial charge in [-0.25, -0.2) is 0 Å². The second kappa shape index (κ2) is 7.06. The Hall–Kier alpha value is -0.870. The van der Waals surface area contributed by atoms with Gasteiger partial charge in [0.2, 0.25) is 0 Å². The predicted octanol–water partition coefficient (Wildman–Crippen LogP) is 2.22. The number of likely N-dealkylation sites (N-methyl/N-ethyl adjacent to an activating group) is 1. The summed E-state index contributed by atoms with van der Waals surface area (Å²) in [6.07, 6.45) is 4.11. The van der Waals surface area contributed by atoms with Gasteiger partial charge >= 0.3 is 0 Å². The van der Waals surface area contributed by atoms with Crippen molar-refractivity contribution in [3.05, 3.63) is 18.0 Å². The maximum Gasteiger partial charge on any atom is 0.0724 e. The van der Waals surface area contributed by atoms with Crippen molar-refractivity contribution >= 4 is 0 Å². The van der Waals surface area contributed by atoms with Gasteiger partial charge in [0.25, 0.3) is 0 Å². The highest BCUT2D eigenvalue weighted by Crippen LogP contribution is 2.26. The third-order valence-electron chi connectivity index (χ3n) is 4.52. The van der Waals surface area contributed by atoms with Gasteiger partial charge in [0.05, 0.1) is 6.10 Å². The van der Waals surface area contributed by atoms with Gasteiger partial charge < -0.3 is 5.11 Å². The van der Waals surface area contributed by atoms with Crippen LogP contribution in [0.15, 0.2) is 12.3 Å². The lowest BCUT2D eigenvalue weighted by Gasteiger charge is -2.43. The van der Waals surface area contributed by atoms with Crippen molar-refractivity contribution in [2.45, 2.75) is 58.6 Å². The van der Waals surface area contributed by atoms with E-state index in [1.165, 1.54) is 5.69 Å². The molecule has 0 fully saturated rings. The average Bonchev–Trinajstić information content (AvgIpc) is 2.82. The van der Waals surface area contributed by atoms with Crippen LogP contribution in [0.25, 0.3) is 0 Å². The highest BCUT2D eigenvalue weighted by atomic mass is 16.3. The largest absolute Gasteiger partial charge is 0.391 e. The van der Waals surface area contributed by atoms with Crippen molar-refractivity contribution in [3.63, 3.8) is 0 Å². The molecule has 0 saturated heterocycles. The number of nitrogens with zero attached hydrogens (tertiary/aromatic N) is 3. The van der Waals surface area contributed by atoms with Crippen LogP contribution in [0.3, 0.4) is 0 Å². The summed E-state index contributed by atoms with van der Waals surface area (Å²) in [4.78, 5) is 2.36. The molecular weight excluding hydrogens is 238 g/mol. The summed E-state index contributed by atoms with van der Waals surface area (Å²) in [5.41, 5.74) is 1.04. The molecule has 110 valence electrons. The molecule has 0 saturated carbocycles. The normalized spacial score (nSPS) is 16.6. The quantitative estimate of drug-likeness (QED) is 0.785. The lowest BCUT2D eigenvalue weighted by Crippen LogP contribution is -2.54. The van der Waals surface area contributed by atoms with E-state index in [9.17, 15) is 5.11 Å². The highest BCUT2D eigenvalue weighted by Gasteiger charge is 2.35. The first-order valence-electron chi connectivity index (χ1n) is 7.39. The Morgan fingerprint density at radius 2 is 2.00 bits per heavy atom. The standard InChI is InChI=1S/C15H29N3O/c1-6-15(4,18(7-2)8-3)14(19)10-9-13-11-12-16-17(13)5/h11-12,14,19H,6-10H2,1-5H3. The fourth-order valence-electron chi connectivity index (χ4n) is 2.86. The average molecular weight is 267 g/mol. The van der Waals surface area contributed by atoms with Gasteiger partial charge in [0, 0.05) is 24.5 Å². The van der Waals surface area contributed by atoms with Crippen LogP contribution in [0.4, 0.5) is 0 Å². The summed E-state index contributed by atoms with van der Waals surface area (Å²) in [5, 5.41) is 14.8. The topological polar surface area (TPSA) is 41.3 Å². The maximum absolute atomic E-state index is 10.6. The molecule has 0 aliphatic heterocycles. The Balaban J connectivity index is 2.68. The molecule has 19 heavy (non-hydrogen) atoms. The van der Waals surface area contributed by atoms with Gasteiger partial charge in [-0.3, -0.25) is 9.58 Å².